The van der Waals surface area contributed by atoms with Crippen molar-refractivity contribution >= 4 is 23.3 Å². The minimum atomic E-state index is -1.17. The minimum absolute atomic E-state index is 0.0123. The van der Waals surface area contributed by atoms with Crippen molar-refractivity contribution in [2.75, 3.05) is 5.73 Å². The Kier molecular flexibility index (Phi) is 2.40. The molecule has 1 aromatic carbocycles. The number of nitriles is 1. The number of carboxylic acids is 1. The zero-order chi connectivity index (χ0) is 10.0. The molecule has 0 aliphatic carbocycles. The van der Waals surface area contributed by atoms with E-state index < -0.39 is 5.97 Å². The summed E-state index contributed by atoms with van der Waals surface area (Å²) in [6.45, 7) is 0. The fourth-order valence-corrected chi connectivity index (χ4v) is 1.10. The van der Waals surface area contributed by atoms with Gasteiger partial charge in [-0.1, -0.05) is 11.6 Å². The molecule has 0 atom stereocenters. The van der Waals surface area contributed by atoms with Crippen LogP contribution in [0.2, 0.25) is 5.02 Å². The maximum Gasteiger partial charge on any atom is 0.337 e. The lowest BCUT2D eigenvalue weighted by Crippen LogP contribution is -2.00. The molecule has 0 saturated heterocycles. The van der Waals surface area contributed by atoms with Gasteiger partial charge < -0.3 is 10.8 Å². The maximum absolute atomic E-state index is 10.6. The third-order valence-corrected chi connectivity index (χ3v) is 1.80. The van der Waals surface area contributed by atoms with E-state index in [0.717, 1.165) is 0 Å². The lowest BCUT2D eigenvalue weighted by molar-refractivity contribution is 0.0697. The summed E-state index contributed by atoms with van der Waals surface area (Å²) in [6.07, 6.45) is 0. The number of halogens is 1. The molecule has 0 fully saturated rings. The second-order valence-electron chi connectivity index (χ2n) is 2.34. The molecule has 4 nitrogen and oxygen atoms in total. The summed E-state index contributed by atoms with van der Waals surface area (Å²) in [5.41, 5.74) is 5.59. The van der Waals surface area contributed by atoms with Crippen LogP contribution in [0.4, 0.5) is 5.69 Å². The Morgan fingerprint density at radius 1 is 1.62 bits per heavy atom. The average Bonchev–Trinajstić information content (AvgIpc) is 2.07. The van der Waals surface area contributed by atoms with Crippen molar-refractivity contribution in [1.82, 2.24) is 0 Å². The second kappa shape index (κ2) is 3.33. The number of nitrogens with zero attached hydrogens (tertiary/aromatic N) is 1. The minimum Gasteiger partial charge on any atom is -0.478 e. The number of nitrogen functional groups attached to an aromatic ring is 1. The highest BCUT2D eigenvalue weighted by Gasteiger charge is 2.11. The number of hydrogen-bond acceptors (Lipinski definition) is 3. The fraction of sp³-hybridized carbons (Fsp3) is 0. The zero-order valence-corrected chi connectivity index (χ0v) is 7.17. The van der Waals surface area contributed by atoms with Crippen LogP contribution in [-0.2, 0) is 0 Å². The number of benzene rings is 1. The van der Waals surface area contributed by atoms with Gasteiger partial charge >= 0.3 is 5.97 Å². The molecule has 0 aliphatic rings. The van der Waals surface area contributed by atoms with Crippen LogP contribution in [0.1, 0.15) is 15.9 Å². The Morgan fingerprint density at radius 2 is 2.23 bits per heavy atom. The summed E-state index contributed by atoms with van der Waals surface area (Å²) >= 11 is 5.59. The van der Waals surface area contributed by atoms with Crippen molar-refractivity contribution in [2.45, 2.75) is 0 Å². The summed E-state index contributed by atoms with van der Waals surface area (Å²) in [6, 6.07) is 4.21. The Hall–Kier alpha value is -1.73. The standard InChI is InChI=1S/C8H5ClN2O2/c9-6-1-4(3-10)7(11)2-5(6)8(12)13/h1-2H,11H2,(H,12,13). The van der Waals surface area contributed by atoms with Crippen LogP contribution in [0, 0.1) is 11.3 Å². The Morgan fingerprint density at radius 3 is 2.69 bits per heavy atom. The molecular weight excluding hydrogens is 192 g/mol. The number of carbonyl (C=O) groups is 1. The van der Waals surface area contributed by atoms with Crippen LogP contribution in [0.15, 0.2) is 12.1 Å². The summed E-state index contributed by atoms with van der Waals surface area (Å²) in [5, 5.41) is 17.2. The summed E-state index contributed by atoms with van der Waals surface area (Å²) in [7, 11) is 0. The predicted molar refractivity (Wildman–Crippen MR) is 47.5 cm³/mol. The first-order chi connectivity index (χ1) is 6.06. The lowest BCUT2D eigenvalue weighted by atomic mass is 10.1. The van der Waals surface area contributed by atoms with Gasteiger partial charge in [0.25, 0.3) is 0 Å². The van der Waals surface area contributed by atoms with Crippen molar-refractivity contribution in [3.8, 4) is 6.07 Å². The summed E-state index contributed by atoms with van der Waals surface area (Å²) in [4.78, 5) is 10.6. The molecule has 0 amide bonds. The summed E-state index contributed by atoms with van der Waals surface area (Å²) < 4.78 is 0. The van der Waals surface area contributed by atoms with Crippen LogP contribution in [0.25, 0.3) is 0 Å². The van der Waals surface area contributed by atoms with Gasteiger partial charge in [-0.3, -0.25) is 0 Å². The Labute approximate surface area is 79.2 Å². The number of aromatic carboxylic acids is 1. The third-order valence-electron chi connectivity index (χ3n) is 1.49. The molecule has 13 heavy (non-hydrogen) atoms. The van der Waals surface area contributed by atoms with Gasteiger partial charge in [0.05, 0.1) is 21.8 Å². The smallest absolute Gasteiger partial charge is 0.337 e. The number of hydrogen-bond donors (Lipinski definition) is 2. The highest BCUT2D eigenvalue weighted by Crippen LogP contribution is 2.22. The number of nitrogens with two attached hydrogens (primary N) is 1. The molecule has 0 heterocycles. The van der Waals surface area contributed by atoms with Gasteiger partial charge in [0.2, 0.25) is 0 Å². The van der Waals surface area contributed by atoms with E-state index in [4.69, 9.17) is 27.7 Å². The highest BCUT2D eigenvalue weighted by atomic mass is 35.5. The molecule has 1 rings (SSSR count). The molecular formula is C8H5ClN2O2. The number of rotatable bonds is 1. The van der Waals surface area contributed by atoms with E-state index in [1.807, 2.05) is 0 Å². The maximum atomic E-state index is 10.6. The van der Waals surface area contributed by atoms with Crippen LogP contribution >= 0.6 is 11.6 Å². The number of carboxylic acid groups (broad SMARTS) is 1. The van der Waals surface area contributed by atoms with Gasteiger partial charge in [-0.25, -0.2) is 4.79 Å². The van der Waals surface area contributed by atoms with Crippen LogP contribution in [0.3, 0.4) is 0 Å². The SMILES string of the molecule is N#Cc1cc(Cl)c(C(=O)O)cc1N. The van der Waals surface area contributed by atoms with Gasteiger partial charge in [-0.15, -0.1) is 0 Å². The van der Waals surface area contributed by atoms with E-state index >= 15 is 0 Å². The first kappa shape index (κ1) is 9.36. The first-order valence-corrected chi connectivity index (χ1v) is 3.66. The quantitative estimate of drug-likeness (QED) is 0.667. The second-order valence-corrected chi connectivity index (χ2v) is 2.74. The van der Waals surface area contributed by atoms with Crippen LogP contribution in [0.5, 0.6) is 0 Å². The van der Waals surface area contributed by atoms with Gasteiger partial charge in [0, 0.05) is 0 Å². The van der Waals surface area contributed by atoms with Crippen molar-refractivity contribution in [1.29, 1.82) is 5.26 Å². The largest absolute Gasteiger partial charge is 0.478 e. The fourth-order valence-electron chi connectivity index (χ4n) is 0.851. The van der Waals surface area contributed by atoms with Crippen molar-refractivity contribution in [2.24, 2.45) is 0 Å². The van der Waals surface area contributed by atoms with Crippen molar-refractivity contribution in [3.63, 3.8) is 0 Å². The Bertz CT molecular complexity index is 409. The molecule has 0 saturated carbocycles. The van der Waals surface area contributed by atoms with Crippen LogP contribution < -0.4 is 5.73 Å². The zero-order valence-electron chi connectivity index (χ0n) is 6.41. The van der Waals surface area contributed by atoms with E-state index in [2.05, 4.69) is 0 Å². The molecule has 0 radical (unpaired) electrons. The van der Waals surface area contributed by atoms with Gasteiger partial charge in [-0.05, 0) is 12.1 Å². The molecule has 0 bridgehead atoms. The molecule has 0 unspecified atom stereocenters. The van der Waals surface area contributed by atoms with Gasteiger partial charge in [0.1, 0.15) is 6.07 Å². The van der Waals surface area contributed by atoms with E-state index in [9.17, 15) is 4.79 Å². The van der Waals surface area contributed by atoms with Gasteiger partial charge in [0.15, 0.2) is 0 Å². The van der Waals surface area contributed by atoms with E-state index in [1.54, 1.807) is 6.07 Å². The van der Waals surface area contributed by atoms with Crippen LogP contribution in [-0.4, -0.2) is 11.1 Å². The van der Waals surface area contributed by atoms with E-state index in [1.165, 1.54) is 12.1 Å². The third kappa shape index (κ3) is 1.71. The summed E-state index contributed by atoms with van der Waals surface area (Å²) in [5.74, 6) is -1.17. The normalized spacial score (nSPS) is 9.23. The molecule has 0 aliphatic heterocycles. The first-order valence-electron chi connectivity index (χ1n) is 3.28. The molecule has 3 N–H and O–H groups in total. The predicted octanol–water partition coefficient (Wildman–Crippen LogP) is 1.49. The molecule has 1 aromatic rings. The Balaban J connectivity index is 3.39. The monoisotopic (exact) mass is 196 g/mol. The topological polar surface area (TPSA) is 87.1 Å². The molecule has 0 spiro atoms. The van der Waals surface area contributed by atoms with E-state index in [-0.39, 0.29) is 21.8 Å². The number of anilines is 1. The molecule has 0 aromatic heterocycles. The lowest BCUT2D eigenvalue weighted by Gasteiger charge is -2.01. The van der Waals surface area contributed by atoms with Crippen molar-refractivity contribution < 1.29 is 9.90 Å². The van der Waals surface area contributed by atoms with Gasteiger partial charge in [-0.2, -0.15) is 5.26 Å². The highest BCUT2D eigenvalue weighted by molar-refractivity contribution is 6.33. The van der Waals surface area contributed by atoms with Crippen molar-refractivity contribution in [3.05, 3.63) is 28.3 Å². The molecule has 66 valence electrons. The average molecular weight is 197 g/mol. The van der Waals surface area contributed by atoms with E-state index in [0.29, 0.717) is 0 Å². The molecule has 5 heteroatoms.